The Balaban J connectivity index is 1.46. The molecule has 0 spiro atoms. The predicted octanol–water partition coefficient (Wildman–Crippen LogP) is 5.22. The molecule has 3 N–H and O–H groups in total. The highest BCUT2D eigenvalue weighted by molar-refractivity contribution is 7.99. The number of hydrogen-bond acceptors (Lipinski definition) is 6. The first-order valence-corrected chi connectivity index (χ1v) is 11.5. The zero-order valence-corrected chi connectivity index (χ0v) is 19.9. The maximum atomic E-state index is 12.6. The Morgan fingerprint density at radius 3 is 2.32 bits per heavy atom. The summed E-state index contributed by atoms with van der Waals surface area (Å²) in [6.07, 6.45) is 0. The van der Waals surface area contributed by atoms with Crippen LogP contribution in [-0.2, 0) is 4.79 Å². The molecule has 0 atom stereocenters. The van der Waals surface area contributed by atoms with Gasteiger partial charge in [0, 0.05) is 22.7 Å². The maximum Gasteiger partial charge on any atom is 0.255 e. The van der Waals surface area contributed by atoms with E-state index in [0.29, 0.717) is 38.6 Å². The number of hydrogen-bond donors (Lipinski definition) is 3. The zero-order valence-electron chi connectivity index (χ0n) is 18.3. The molecule has 8 nitrogen and oxygen atoms in total. The highest BCUT2D eigenvalue weighted by atomic mass is 35.5. The van der Waals surface area contributed by atoms with E-state index in [-0.39, 0.29) is 17.6 Å². The number of nitrogens with one attached hydrogen (secondary N) is 3. The summed E-state index contributed by atoms with van der Waals surface area (Å²) in [7, 11) is 2.96. The van der Waals surface area contributed by atoms with E-state index in [1.807, 2.05) is 12.1 Å². The third-order valence-electron chi connectivity index (χ3n) is 4.84. The van der Waals surface area contributed by atoms with Crippen LogP contribution < -0.4 is 20.1 Å². The fourth-order valence-corrected chi connectivity index (χ4v) is 4.08. The van der Waals surface area contributed by atoms with Gasteiger partial charge in [-0.3, -0.25) is 9.59 Å². The van der Waals surface area contributed by atoms with E-state index in [0.717, 1.165) is 11.0 Å². The molecule has 1 aromatic heterocycles. The van der Waals surface area contributed by atoms with Gasteiger partial charge in [0.1, 0.15) is 11.5 Å². The van der Waals surface area contributed by atoms with Gasteiger partial charge in [-0.05, 0) is 30.3 Å². The van der Waals surface area contributed by atoms with Crippen molar-refractivity contribution < 1.29 is 19.1 Å². The summed E-state index contributed by atoms with van der Waals surface area (Å²) < 4.78 is 10.9. The average Bonchev–Trinajstić information content (AvgIpc) is 3.25. The van der Waals surface area contributed by atoms with Crippen molar-refractivity contribution in [3.63, 3.8) is 0 Å². The van der Waals surface area contributed by atoms with E-state index in [4.69, 9.17) is 21.1 Å². The molecule has 4 rings (SSSR count). The zero-order chi connectivity index (χ0) is 24.1. The van der Waals surface area contributed by atoms with E-state index in [9.17, 15) is 9.59 Å². The van der Waals surface area contributed by atoms with Crippen molar-refractivity contribution in [3.05, 3.63) is 71.2 Å². The highest BCUT2D eigenvalue weighted by Gasteiger charge is 2.17. The first kappa shape index (κ1) is 23.5. The molecule has 3 aromatic carbocycles. The SMILES string of the molecule is COc1cc(NC(=O)c2ccccc2)c(OC)cc1NC(=O)CSc1nc2ccc(Cl)cc2[nH]1. The largest absolute Gasteiger partial charge is 0.494 e. The lowest BCUT2D eigenvalue weighted by Gasteiger charge is -2.16. The number of carbonyl (C=O) groups is 2. The van der Waals surface area contributed by atoms with Crippen molar-refractivity contribution in [2.45, 2.75) is 5.16 Å². The van der Waals surface area contributed by atoms with Gasteiger partial charge in [-0.25, -0.2) is 4.98 Å². The molecule has 10 heteroatoms. The predicted molar refractivity (Wildman–Crippen MR) is 134 cm³/mol. The number of amides is 2. The highest BCUT2D eigenvalue weighted by Crippen LogP contribution is 2.37. The van der Waals surface area contributed by atoms with Gasteiger partial charge in [-0.2, -0.15) is 0 Å². The number of nitrogens with zero attached hydrogens (tertiary/aromatic N) is 1. The first-order chi connectivity index (χ1) is 16.5. The van der Waals surface area contributed by atoms with Gasteiger partial charge in [-0.15, -0.1) is 0 Å². The number of carbonyl (C=O) groups excluding carboxylic acids is 2. The molecule has 0 saturated heterocycles. The minimum atomic E-state index is -0.290. The molecular weight excluding hydrogens is 476 g/mol. The van der Waals surface area contributed by atoms with Gasteiger partial charge in [0.05, 0.1) is 42.4 Å². The Labute approximate surface area is 205 Å². The fourth-order valence-electron chi connectivity index (χ4n) is 3.22. The van der Waals surface area contributed by atoms with Crippen molar-refractivity contribution >= 4 is 57.6 Å². The number of anilines is 2. The molecular formula is C24H21ClN4O4S. The number of fused-ring (bicyclic) bond motifs is 1. The summed E-state index contributed by atoms with van der Waals surface area (Å²) in [5.41, 5.74) is 2.91. The Bertz CT molecular complexity index is 1340. The molecule has 34 heavy (non-hydrogen) atoms. The van der Waals surface area contributed by atoms with Crippen LogP contribution in [0.15, 0.2) is 65.8 Å². The minimum Gasteiger partial charge on any atom is -0.494 e. The minimum absolute atomic E-state index is 0.117. The van der Waals surface area contributed by atoms with Gasteiger partial charge < -0.3 is 25.1 Å². The lowest BCUT2D eigenvalue weighted by molar-refractivity contribution is -0.113. The lowest BCUT2D eigenvalue weighted by Crippen LogP contribution is -2.16. The molecule has 174 valence electrons. The summed E-state index contributed by atoms with van der Waals surface area (Å²) in [6, 6.07) is 17.4. The molecule has 0 aliphatic heterocycles. The molecule has 0 radical (unpaired) electrons. The second-order valence-electron chi connectivity index (χ2n) is 7.11. The number of ether oxygens (including phenoxy) is 2. The Kier molecular flexibility index (Phi) is 7.24. The third kappa shape index (κ3) is 5.44. The monoisotopic (exact) mass is 496 g/mol. The molecule has 0 aliphatic rings. The Morgan fingerprint density at radius 2 is 1.65 bits per heavy atom. The second-order valence-corrected chi connectivity index (χ2v) is 8.51. The van der Waals surface area contributed by atoms with E-state index < -0.39 is 0 Å². The van der Waals surface area contributed by atoms with Gasteiger partial charge in [0.2, 0.25) is 5.91 Å². The number of benzene rings is 3. The summed E-state index contributed by atoms with van der Waals surface area (Å²) in [5.74, 6) is 0.320. The lowest BCUT2D eigenvalue weighted by atomic mass is 10.2. The number of aromatic amines is 1. The van der Waals surface area contributed by atoms with Crippen LogP contribution in [0.3, 0.4) is 0 Å². The van der Waals surface area contributed by atoms with Crippen LogP contribution in [-0.4, -0.2) is 41.8 Å². The summed E-state index contributed by atoms with van der Waals surface area (Å²) in [4.78, 5) is 32.7. The molecule has 1 heterocycles. The standard InChI is InChI=1S/C24H21ClN4O4S/c1-32-20-12-19(27-23(31)14-6-4-3-5-7-14)21(33-2)11-18(20)26-22(30)13-34-24-28-16-9-8-15(25)10-17(16)29-24/h3-12H,13H2,1-2H3,(H,26,30)(H,27,31)(H,28,29). The third-order valence-corrected chi connectivity index (χ3v) is 5.95. The van der Waals surface area contributed by atoms with E-state index in [1.165, 1.54) is 26.0 Å². The molecule has 0 unspecified atom stereocenters. The molecule has 0 aliphatic carbocycles. The number of methoxy groups -OCH3 is 2. The number of H-pyrrole nitrogens is 1. The molecule has 0 bridgehead atoms. The van der Waals surface area contributed by atoms with E-state index in [1.54, 1.807) is 48.5 Å². The van der Waals surface area contributed by atoms with Crippen molar-refractivity contribution in [3.8, 4) is 11.5 Å². The van der Waals surface area contributed by atoms with Crippen molar-refractivity contribution in [1.82, 2.24) is 9.97 Å². The second kappa shape index (κ2) is 10.5. The normalized spacial score (nSPS) is 10.7. The topological polar surface area (TPSA) is 105 Å². The Hall–Kier alpha value is -3.69. The maximum absolute atomic E-state index is 12.6. The summed E-state index contributed by atoms with van der Waals surface area (Å²) >= 11 is 7.27. The average molecular weight is 497 g/mol. The van der Waals surface area contributed by atoms with Crippen LogP contribution in [0.25, 0.3) is 11.0 Å². The smallest absolute Gasteiger partial charge is 0.255 e. The number of aromatic nitrogens is 2. The van der Waals surface area contributed by atoms with Crippen molar-refractivity contribution in [2.75, 3.05) is 30.6 Å². The van der Waals surface area contributed by atoms with Gasteiger partial charge in [-0.1, -0.05) is 41.6 Å². The first-order valence-electron chi connectivity index (χ1n) is 10.2. The molecule has 0 fully saturated rings. The summed E-state index contributed by atoms with van der Waals surface area (Å²) in [5, 5.41) is 6.85. The van der Waals surface area contributed by atoms with Crippen LogP contribution in [0.4, 0.5) is 11.4 Å². The number of thioether (sulfide) groups is 1. The van der Waals surface area contributed by atoms with Crippen molar-refractivity contribution in [1.29, 1.82) is 0 Å². The van der Waals surface area contributed by atoms with E-state index >= 15 is 0 Å². The van der Waals surface area contributed by atoms with Crippen molar-refractivity contribution in [2.24, 2.45) is 0 Å². The van der Waals surface area contributed by atoms with Gasteiger partial charge >= 0.3 is 0 Å². The molecule has 0 saturated carbocycles. The number of rotatable bonds is 8. The fraction of sp³-hybridized carbons (Fsp3) is 0.125. The van der Waals surface area contributed by atoms with Gasteiger partial charge in [0.25, 0.3) is 5.91 Å². The van der Waals surface area contributed by atoms with Gasteiger partial charge in [0.15, 0.2) is 5.16 Å². The number of imidazole rings is 1. The number of halogens is 1. The van der Waals surface area contributed by atoms with Crippen LogP contribution in [0.1, 0.15) is 10.4 Å². The Morgan fingerprint density at radius 1 is 0.971 bits per heavy atom. The van der Waals surface area contributed by atoms with Crippen LogP contribution in [0.2, 0.25) is 5.02 Å². The van der Waals surface area contributed by atoms with Crippen LogP contribution in [0.5, 0.6) is 11.5 Å². The summed E-state index contributed by atoms with van der Waals surface area (Å²) in [6.45, 7) is 0. The quantitative estimate of drug-likeness (QED) is 0.289. The molecule has 4 aromatic rings. The van der Waals surface area contributed by atoms with Crippen LogP contribution in [0, 0.1) is 0 Å². The molecule has 2 amide bonds. The van der Waals surface area contributed by atoms with Crippen LogP contribution >= 0.6 is 23.4 Å². The van der Waals surface area contributed by atoms with E-state index in [2.05, 4.69) is 20.6 Å².